The Kier molecular flexibility index (Phi) is 3.23. The molecule has 0 aliphatic heterocycles. The summed E-state index contributed by atoms with van der Waals surface area (Å²) in [5.74, 6) is 0.216. The van der Waals surface area contributed by atoms with Crippen LogP contribution in [0, 0.1) is 5.92 Å². The van der Waals surface area contributed by atoms with E-state index in [2.05, 4.69) is 6.58 Å². The van der Waals surface area contributed by atoms with Crippen LogP contribution in [-0.4, -0.2) is 5.78 Å². The van der Waals surface area contributed by atoms with Crippen molar-refractivity contribution in [2.24, 2.45) is 5.92 Å². The molecule has 64 valence electrons. The van der Waals surface area contributed by atoms with Gasteiger partial charge in [0.1, 0.15) is 5.78 Å². The molecule has 1 heterocycles. The first-order valence-corrected chi connectivity index (χ1v) is 4.84. The van der Waals surface area contributed by atoms with Crippen molar-refractivity contribution in [1.29, 1.82) is 0 Å². The normalized spacial score (nSPS) is 12.4. The summed E-state index contributed by atoms with van der Waals surface area (Å²) in [6, 6.07) is 1.98. The summed E-state index contributed by atoms with van der Waals surface area (Å²) in [4.78, 5) is 11.4. The molecule has 0 saturated carbocycles. The smallest absolute Gasteiger partial charge is 0.143 e. The topological polar surface area (TPSA) is 17.1 Å². The first-order chi connectivity index (χ1) is 5.74. The Balaban J connectivity index is 2.53. The van der Waals surface area contributed by atoms with E-state index in [1.54, 1.807) is 17.4 Å². The van der Waals surface area contributed by atoms with E-state index < -0.39 is 0 Å². The zero-order chi connectivity index (χ0) is 8.97. The highest BCUT2D eigenvalue weighted by molar-refractivity contribution is 7.07. The number of hydrogen-bond donors (Lipinski definition) is 0. The molecule has 1 aromatic rings. The SMILES string of the molecule is C=CC(C)C(=O)Cc1ccsc1. The van der Waals surface area contributed by atoms with Crippen LogP contribution in [0.1, 0.15) is 12.5 Å². The fourth-order valence-electron chi connectivity index (χ4n) is 0.887. The van der Waals surface area contributed by atoms with Gasteiger partial charge in [0, 0.05) is 12.3 Å². The van der Waals surface area contributed by atoms with Gasteiger partial charge in [-0.1, -0.05) is 13.0 Å². The van der Waals surface area contributed by atoms with Crippen LogP contribution in [-0.2, 0) is 11.2 Å². The molecule has 12 heavy (non-hydrogen) atoms. The zero-order valence-electron chi connectivity index (χ0n) is 7.12. The second kappa shape index (κ2) is 4.21. The van der Waals surface area contributed by atoms with Crippen LogP contribution >= 0.6 is 11.3 Å². The molecule has 1 unspecified atom stereocenters. The highest BCUT2D eigenvalue weighted by atomic mass is 32.1. The third-order valence-corrected chi connectivity index (χ3v) is 2.55. The second-order valence-corrected chi connectivity index (χ2v) is 3.58. The molecule has 1 nitrogen and oxygen atoms in total. The monoisotopic (exact) mass is 180 g/mol. The lowest BCUT2D eigenvalue weighted by molar-refractivity contribution is -0.120. The largest absolute Gasteiger partial charge is 0.299 e. The van der Waals surface area contributed by atoms with Crippen molar-refractivity contribution < 1.29 is 4.79 Å². The molecule has 0 amide bonds. The van der Waals surface area contributed by atoms with Gasteiger partial charge in [0.15, 0.2) is 0 Å². The molecule has 0 bridgehead atoms. The zero-order valence-corrected chi connectivity index (χ0v) is 7.93. The number of Topliss-reactive ketones (excluding diaryl/α,β-unsaturated/α-hetero) is 1. The number of thiophene rings is 1. The molecule has 2 heteroatoms. The summed E-state index contributed by atoms with van der Waals surface area (Å²) in [5, 5.41) is 3.99. The van der Waals surface area contributed by atoms with Crippen LogP contribution in [0.4, 0.5) is 0 Å². The van der Waals surface area contributed by atoms with Gasteiger partial charge in [-0.2, -0.15) is 11.3 Å². The standard InChI is InChI=1S/C10H12OS/c1-3-8(2)10(11)6-9-4-5-12-7-9/h3-5,7-8H,1,6H2,2H3. The third kappa shape index (κ3) is 2.31. The van der Waals surface area contributed by atoms with Crippen molar-refractivity contribution >= 4 is 17.1 Å². The summed E-state index contributed by atoms with van der Waals surface area (Å²) in [6.07, 6.45) is 2.23. The summed E-state index contributed by atoms with van der Waals surface area (Å²) < 4.78 is 0. The number of ketones is 1. The summed E-state index contributed by atoms with van der Waals surface area (Å²) >= 11 is 1.62. The molecular formula is C10H12OS. The fourth-order valence-corrected chi connectivity index (χ4v) is 1.56. The first kappa shape index (κ1) is 9.20. The van der Waals surface area contributed by atoms with E-state index in [1.165, 1.54) is 0 Å². The van der Waals surface area contributed by atoms with Crippen molar-refractivity contribution in [1.82, 2.24) is 0 Å². The van der Waals surface area contributed by atoms with E-state index in [1.807, 2.05) is 23.8 Å². The van der Waals surface area contributed by atoms with E-state index in [-0.39, 0.29) is 11.7 Å². The van der Waals surface area contributed by atoms with Crippen LogP contribution in [0.5, 0.6) is 0 Å². The van der Waals surface area contributed by atoms with Crippen molar-refractivity contribution in [3.05, 3.63) is 35.0 Å². The van der Waals surface area contributed by atoms with Crippen LogP contribution in [0.15, 0.2) is 29.5 Å². The van der Waals surface area contributed by atoms with Crippen LogP contribution in [0.3, 0.4) is 0 Å². The Morgan fingerprint density at radius 3 is 3.08 bits per heavy atom. The van der Waals surface area contributed by atoms with Crippen molar-refractivity contribution in [3.63, 3.8) is 0 Å². The van der Waals surface area contributed by atoms with Gasteiger partial charge >= 0.3 is 0 Å². The maximum atomic E-state index is 11.4. The summed E-state index contributed by atoms with van der Waals surface area (Å²) in [6.45, 7) is 5.47. The van der Waals surface area contributed by atoms with Gasteiger partial charge in [-0.05, 0) is 22.4 Å². The van der Waals surface area contributed by atoms with Crippen LogP contribution < -0.4 is 0 Å². The average Bonchev–Trinajstić information content (AvgIpc) is 2.55. The van der Waals surface area contributed by atoms with Gasteiger partial charge in [-0.25, -0.2) is 0 Å². The minimum Gasteiger partial charge on any atom is -0.299 e. The lowest BCUT2D eigenvalue weighted by Gasteiger charge is -2.02. The number of rotatable bonds is 4. The van der Waals surface area contributed by atoms with Gasteiger partial charge < -0.3 is 0 Å². The second-order valence-electron chi connectivity index (χ2n) is 2.80. The number of carbonyl (C=O) groups excluding carboxylic acids is 1. The highest BCUT2D eigenvalue weighted by Crippen LogP contribution is 2.10. The van der Waals surface area contributed by atoms with Crippen LogP contribution in [0.25, 0.3) is 0 Å². The lowest BCUT2D eigenvalue weighted by atomic mass is 10.0. The van der Waals surface area contributed by atoms with E-state index in [4.69, 9.17) is 0 Å². The molecule has 0 aliphatic rings. The predicted molar refractivity (Wildman–Crippen MR) is 52.4 cm³/mol. The Labute approximate surface area is 76.7 Å². The van der Waals surface area contributed by atoms with E-state index in [0.717, 1.165) is 5.56 Å². The molecule has 0 aliphatic carbocycles. The van der Waals surface area contributed by atoms with E-state index in [0.29, 0.717) is 6.42 Å². The molecule has 0 radical (unpaired) electrons. The Morgan fingerprint density at radius 2 is 2.58 bits per heavy atom. The van der Waals surface area contributed by atoms with Gasteiger partial charge in [0.2, 0.25) is 0 Å². The predicted octanol–water partition coefficient (Wildman–Crippen LogP) is 2.68. The van der Waals surface area contributed by atoms with E-state index in [9.17, 15) is 4.79 Å². The molecular weight excluding hydrogens is 168 g/mol. The van der Waals surface area contributed by atoms with Crippen molar-refractivity contribution in [2.75, 3.05) is 0 Å². The minimum atomic E-state index is -0.0232. The molecule has 1 aromatic heterocycles. The van der Waals surface area contributed by atoms with E-state index >= 15 is 0 Å². The fraction of sp³-hybridized carbons (Fsp3) is 0.300. The number of carbonyl (C=O) groups is 1. The van der Waals surface area contributed by atoms with Crippen LogP contribution in [0.2, 0.25) is 0 Å². The molecule has 0 fully saturated rings. The molecule has 0 N–H and O–H groups in total. The first-order valence-electron chi connectivity index (χ1n) is 3.90. The Bertz CT molecular complexity index is 261. The van der Waals surface area contributed by atoms with Gasteiger partial charge in [-0.15, -0.1) is 6.58 Å². The quantitative estimate of drug-likeness (QED) is 0.651. The van der Waals surface area contributed by atoms with Gasteiger partial charge in [0.25, 0.3) is 0 Å². The third-order valence-electron chi connectivity index (χ3n) is 1.82. The summed E-state index contributed by atoms with van der Waals surface area (Å²) in [7, 11) is 0. The minimum absolute atomic E-state index is 0.0232. The molecule has 1 atom stereocenters. The number of allylic oxidation sites excluding steroid dienone is 1. The molecule has 0 spiro atoms. The average molecular weight is 180 g/mol. The molecule has 0 aromatic carbocycles. The Morgan fingerprint density at radius 1 is 1.83 bits per heavy atom. The Hall–Kier alpha value is -0.890. The molecule has 0 saturated heterocycles. The maximum Gasteiger partial charge on any atom is 0.143 e. The highest BCUT2D eigenvalue weighted by Gasteiger charge is 2.09. The van der Waals surface area contributed by atoms with Gasteiger partial charge in [-0.3, -0.25) is 4.79 Å². The van der Waals surface area contributed by atoms with Crippen molar-refractivity contribution in [3.8, 4) is 0 Å². The number of hydrogen-bond acceptors (Lipinski definition) is 2. The summed E-state index contributed by atoms with van der Waals surface area (Å²) in [5.41, 5.74) is 1.11. The maximum absolute atomic E-state index is 11.4. The van der Waals surface area contributed by atoms with Gasteiger partial charge in [0.05, 0.1) is 0 Å². The lowest BCUT2D eigenvalue weighted by Crippen LogP contribution is -2.10. The molecule has 1 rings (SSSR count). The van der Waals surface area contributed by atoms with Crippen molar-refractivity contribution in [2.45, 2.75) is 13.3 Å².